The van der Waals surface area contributed by atoms with E-state index in [2.05, 4.69) is 35.4 Å². The normalized spacial score (nSPS) is 22.6. The van der Waals surface area contributed by atoms with Crippen molar-refractivity contribution in [2.45, 2.75) is 25.8 Å². The molecule has 6 rings (SSSR count). The van der Waals surface area contributed by atoms with Gasteiger partial charge in [-0.3, -0.25) is 0 Å². The van der Waals surface area contributed by atoms with Crippen molar-refractivity contribution in [1.29, 1.82) is 0 Å². The number of rotatable bonds is 3. The van der Waals surface area contributed by atoms with E-state index in [4.69, 9.17) is 4.99 Å². The van der Waals surface area contributed by atoms with Crippen molar-refractivity contribution < 1.29 is 8.78 Å². The second-order valence-corrected chi connectivity index (χ2v) is 10.2. The van der Waals surface area contributed by atoms with E-state index in [1.54, 1.807) is 23.9 Å². The summed E-state index contributed by atoms with van der Waals surface area (Å²) < 4.78 is 27.4. The largest absolute Gasteiger partial charge is 0.308 e. The summed E-state index contributed by atoms with van der Waals surface area (Å²) in [4.78, 5) is 7.49. The quantitative estimate of drug-likeness (QED) is 0.374. The van der Waals surface area contributed by atoms with Crippen LogP contribution in [-0.4, -0.2) is 10.1 Å². The van der Waals surface area contributed by atoms with Crippen molar-refractivity contribution in [2.75, 3.05) is 0 Å². The van der Waals surface area contributed by atoms with E-state index >= 15 is 0 Å². The van der Waals surface area contributed by atoms with Crippen molar-refractivity contribution in [2.24, 2.45) is 10.9 Å². The first-order valence-electron chi connectivity index (χ1n) is 11.8. The molecule has 0 unspecified atom stereocenters. The predicted molar refractivity (Wildman–Crippen MR) is 140 cm³/mol. The lowest BCUT2D eigenvalue weighted by molar-refractivity contribution is 0.425. The minimum Gasteiger partial charge on any atom is -0.308 e. The van der Waals surface area contributed by atoms with E-state index in [9.17, 15) is 8.78 Å². The van der Waals surface area contributed by atoms with Crippen molar-refractivity contribution in [1.82, 2.24) is 4.90 Å². The van der Waals surface area contributed by atoms with Crippen LogP contribution in [0, 0.1) is 17.6 Å². The first-order valence-corrected chi connectivity index (χ1v) is 12.7. The maximum absolute atomic E-state index is 13.9. The number of nitrogens with zero attached hydrogens (tertiary/aromatic N) is 2. The highest BCUT2D eigenvalue weighted by Gasteiger charge is 2.41. The van der Waals surface area contributed by atoms with Gasteiger partial charge in [0, 0.05) is 5.41 Å². The molecule has 3 aliphatic rings. The molecule has 35 heavy (non-hydrogen) atoms. The highest BCUT2D eigenvalue weighted by molar-refractivity contribution is 8.16. The van der Waals surface area contributed by atoms with E-state index in [1.165, 1.54) is 35.4 Å². The number of amidine groups is 1. The van der Waals surface area contributed by atoms with Crippen LogP contribution >= 0.6 is 11.8 Å². The molecule has 3 aromatic carbocycles. The number of hydrogen-bond acceptors (Lipinski definition) is 3. The Morgan fingerprint density at radius 1 is 0.886 bits per heavy atom. The first kappa shape index (κ1) is 22.1. The van der Waals surface area contributed by atoms with E-state index in [0.29, 0.717) is 5.92 Å². The monoisotopic (exact) mass is 482 g/mol. The second-order valence-electron chi connectivity index (χ2n) is 9.31. The van der Waals surface area contributed by atoms with Gasteiger partial charge in [-0.05, 0) is 76.9 Å². The zero-order valence-electron chi connectivity index (χ0n) is 19.3. The number of allylic oxidation sites excluding steroid dienone is 1. The molecule has 0 fully saturated rings. The number of aliphatic imine (C=N–C) groups is 1. The van der Waals surface area contributed by atoms with Crippen LogP contribution < -0.4 is 0 Å². The van der Waals surface area contributed by atoms with E-state index in [-0.39, 0.29) is 17.7 Å². The Bertz CT molecular complexity index is 1390. The van der Waals surface area contributed by atoms with Gasteiger partial charge in [-0.2, -0.15) is 0 Å². The summed E-state index contributed by atoms with van der Waals surface area (Å²) >= 11 is 1.63. The molecular weight excluding hydrogens is 458 g/mol. The average molecular weight is 483 g/mol. The van der Waals surface area contributed by atoms with Crippen LogP contribution in [0.15, 0.2) is 106 Å². The summed E-state index contributed by atoms with van der Waals surface area (Å²) in [6.07, 6.45) is 3.96. The lowest BCUT2D eigenvalue weighted by Gasteiger charge is -2.41. The summed E-state index contributed by atoms with van der Waals surface area (Å²) in [6.45, 7) is 2.26. The summed E-state index contributed by atoms with van der Waals surface area (Å²) in [7, 11) is 0. The minimum atomic E-state index is -0.240. The fraction of sp³-hybridized carbons (Fsp3) is 0.167. The molecule has 0 amide bonds. The Hall–Kier alpha value is -3.44. The smallest absolute Gasteiger partial charge is 0.174 e. The summed E-state index contributed by atoms with van der Waals surface area (Å²) in [5, 5.41) is 3.09. The third kappa shape index (κ3) is 4.14. The maximum atomic E-state index is 13.9. The number of halogens is 2. The molecular formula is C30H24F2N2S. The van der Waals surface area contributed by atoms with Crippen LogP contribution in [0.3, 0.4) is 0 Å². The van der Waals surface area contributed by atoms with Crippen LogP contribution in [0.4, 0.5) is 8.78 Å². The molecule has 5 heteroatoms. The van der Waals surface area contributed by atoms with Gasteiger partial charge in [0.05, 0.1) is 17.4 Å². The van der Waals surface area contributed by atoms with Crippen LogP contribution in [0.25, 0.3) is 11.8 Å². The van der Waals surface area contributed by atoms with E-state index in [0.717, 1.165) is 46.1 Å². The number of hydrogen-bond donors (Lipinski definition) is 0. The van der Waals surface area contributed by atoms with Gasteiger partial charge in [0.1, 0.15) is 11.6 Å². The molecule has 2 nitrogen and oxygen atoms in total. The maximum Gasteiger partial charge on any atom is 0.174 e. The van der Waals surface area contributed by atoms with Gasteiger partial charge < -0.3 is 4.90 Å². The van der Waals surface area contributed by atoms with Crippen molar-refractivity contribution in [3.05, 3.63) is 129 Å². The molecule has 1 aliphatic carbocycles. The topological polar surface area (TPSA) is 15.6 Å². The number of thioether (sulfide) groups is 1. The molecule has 0 spiro atoms. The van der Waals surface area contributed by atoms with Gasteiger partial charge >= 0.3 is 0 Å². The summed E-state index contributed by atoms with van der Waals surface area (Å²) in [5.74, 6) is -0.0494. The molecule has 0 N–H and O–H groups in total. The molecule has 2 heterocycles. The van der Waals surface area contributed by atoms with Crippen molar-refractivity contribution in [3.8, 4) is 0 Å². The lowest BCUT2D eigenvalue weighted by atomic mass is 9.78. The van der Waals surface area contributed by atoms with Gasteiger partial charge in [-0.1, -0.05) is 73.3 Å². The van der Waals surface area contributed by atoms with Gasteiger partial charge in [-0.25, -0.2) is 13.8 Å². The highest BCUT2D eigenvalue weighted by Crippen LogP contribution is 2.51. The third-order valence-corrected chi connectivity index (χ3v) is 7.59. The van der Waals surface area contributed by atoms with Crippen LogP contribution in [0.1, 0.15) is 42.5 Å². The Balaban J connectivity index is 1.51. The first-order chi connectivity index (χ1) is 17.1. The van der Waals surface area contributed by atoms with Crippen LogP contribution in [0.5, 0.6) is 0 Å². The Labute approximate surface area is 208 Å². The van der Waals surface area contributed by atoms with Gasteiger partial charge in [0.25, 0.3) is 0 Å². The predicted octanol–water partition coefficient (Wildman–Crippen LogP) is 8.19. The molecule has 0 radical (unpaired) electrons. The zero-order valence-corrected chi connectivity index (χ0v) is 20.1. The summed E-state index contributed by atoms with van der Waals surface area (Å²) in [5.41, 5.74) is 7.68. The summed E-state index contributed by atoms with van der Waals surface area (Å²) in [6, 6.07) is 23.7. The molecule has 174 valence electrons. The third-order valence-electron chi connectivity index (χ3n) is 6.75. The van der Waals surface area contributed by atoms with Gasteiger partial charge in [0.2, 0.25) is 0 Å². The molecule has 0 bridgehead atoms. The van der Waals surface area contributed by atoms with E-state index < -0.39 is 0 Å². The minimum absolute atomic E-state index is 0.0704. The Kier molecular flexibility index (Phi) is 5.65. The van der Waals surface area contributed by atoms with Crippen molar-refractivity contribution in [3.63, 3.8) is 0 Å². The van der Waals surface area contributed by atoms with Gasteiger partial charge in [-0.15, -0.1) is 0 Å². The number of benzene rings is 3. The second kappa shape index (κ2) is 8.97. The molecule has 2 atom stereocenters. The SMILES string of the molecule is C[C@@H]1CC2=C(N=C3SC=C(c4ccccc4)N3[C@H]2c2ccc(F)cc2)/C(=C/c2ccc(F)cc2)C1. The molecule has 0 saturated heterocycles. The zero-order chi connectivity index (χ0) is 23.9. The van der Waals surface area contributed by atoms with Crippen LogP contribution in [-0.2, 0) is 0 Å². The number of fused-ring (bicyclic) bond motifs is 1. The molecule has 3 aromatic rings. The lowest BCUT2D eigenvalue weighted by Crippen LogP contribution is -2.35. The fourth-order valence-corrected chi connectivity index (χ4v) is 6.14. The molecule has 2 aliphatic heterocycles. The Morgan fingerprint density at radius 2 is 1.57 bits per heavy atom. The standard InChI is InChI=1S/C30H24F2N2S/c1-19-15-23(17-20-7-11-24(31)12-8-20)28-26(16-19)29(22-9-13-25(32)14-10-22)34-27(18-35-30(34)33-28)21-5-3-2-4-6-21/h2-14,17-19,29H,15-16H2,1H3/b23-17+/t19-,29-/m0/s1. The average Bonchev–Trinajstić information content (AvgIpc) is 3.29. The molecule has 0 aromatic heterocycles. The molecule has 0 saturated carbocycles. The van der Waals surface area contributed by atoms with Crippen LogP contribution in [0.2, 0.25) is 0 Å². The fourth-order valence-electron chi connectivity index (χ4n) is 5.21. The van der Waals surface area contributed by atoms with Crippen molar-refractivity contribution >= 4 is 28.7 Å². The van der Waals surface area contributed by atoms with E-state index in [1.807, 2.05) is 30.3 Å². The van der Waals surface area contributed by atoms with Gasteiger partial charge in [0.15, 0.2) is 5.17 Å². The highest BCUT2D eigenvalue weighted by atomic mass is 32.2. The Morgan fingerprint density at radius 3 is 2.29 bits per heavy atom.